The third-order valence-electron chi connectivity index (χ3n) is 2.85. The Hall–Kier alpha value is -1.36. The molecular weight excluding hydrogens is 194 g/mol. The van der Waals surface area contributed by atoms with E-state index >= 15 is 0 Å². The van der Waals surface area contributed by atoms with Crippen LogP contribution >= 0.6 is 0 Å². The van der Waals surface area contributed by atoms with E-state index < -0.39 is 5.97 Å². The third-order valence-corrected chi connectivity index (χ3v) is 2.85. The van der Waals surface area contributed by atoms with Crippen molar-refractivity contribution in [3.63, 3.8) is 0 Å². The van der Waals surface area contributed by atoms with Gasteiger partial charge in [0.2, 0.25) is 0 Å². The summed E-state index contributed by atoms with van der Waals surface area (Å²) in [6, 6.07) is 0.0762. The van der Waals surface area contributed by atoms with Gasteiger partial charge in [-0.15, -0.1) is 0 Å². The van der Waals surface area contributed by atoms with Crippen molar-refractivity contribution in [2.45, 2.75) is 38.3 Å². The van der Waals surface area contributed by atoms with Gasteiger partial charge in [0, 0.05) is 17.3 Å². The van der Waals surface area contributed by atoms with Gasteiger partial charge < -0.3 is 10.8 Å². The SMILES string of the molecule is NC1CCCc2c1cnn2CCC(=O)O. The summed E-state index contributed by atoms with van der Waals surface area (Å²) in [5.41, 5.74) is 8.16. The van der Waals surface area contributed by atoms with Gasteiger partial charge >= 0.3 is 5.97 Å². The Bertz CT molecular complexity index is 373. The molecule has 1 aromatic heterocycles. The van der Waals surface area contributed by atoms with Gasteiger partial charge in [0.25, 0.3) is 0 Å². The molecule has 1 aliphatic rings. The molecule has 15 heavy (non-hydrogen) atoms. The average Bonchev–Trinajstić information content (AvgIpc) is 2.59. The highest BCUT2D eigenvalue weighted by Gasteiger charge is 2.21. The maximum Gasteiger partial charge on any atom is 0.305 e. The Kier molecular flexibility index (Phi) is 2.73. The average molecular weight is 209 g/mol. The van der Waals surface area contributed by atoms with Crippen LogP contribution in [-0.4, -0.2) is 20.9 Å². The fraction of sp³-hybridized carbons (Fsp3) is 0.600. The number of carbonyl (C=O) groups is 1. The lowest BCUT2D eigenvalue weighted by molar-refractivity contribution is -0.137. The Labute approximate surface area is 87.9 Å². The highest BCUT2D eigenvalue weighted by Crippen LogP contribution is 2.27. The lowest BCUT2D eigenvalue weighted by atomic mass is 9.94. The molecule has 5 heteroatoms. The van der Waals surface area contributed by atoms with Crippen LogP contribution in [-0.2, 0) is 17.8 Å². The number of nitrogens with zero attached hydrogens (tertiary/aromatic N) is 2. The lowest BCUT2D eigenvalue weighted by Gasteiger charge is -2.19. The fourth-order valence-corrected chi connectivity index (χ4v) is 2.05. The number of hydrogen-bond acceptors (Lipinski definition) is 3. The van der Waals surface area contributed by atoms with Gasteiger partial charge in [0.05, 0.1) is 19.2 Å². The molecule has 0 amide bonds. The number of carboxylic acids is 1. The monoisotopic (exact) mass is 209 g/mol. The molecule has 3 N–H and O–H groups in total. The highest BCUT2D eigenvalue weighted by molar-refractivity contribution is 5.66. The van der Waals surface area contributed by atoms with Crippen molar-refractivity contribution in [1.82, 2.24) is 9.78 Å². The van der Waals surface area contributed by atoms with Crippen molar-refractivity contribution in [2.24, 2.45) is 5.73 Å². The number of carboxylic acid groups (broad SMARTS) is 1. The number of rotatable bonds is 3. The number of nitrogens with two attached hydrogens (primary N) is 1. The van der Waals surface area contributed by atoms with Crippen molar-refractivity contribution in [3.8, 4) is 0 Å². The predicted molar refractivity (Wildman–Crippen MR) is 54.3 cm³/mol. The van der Waals surface area contributed by atoms with Gasteiger partial charge in [-0.3, -0.25) is 9.48 Å². The zero-order valence-corrected chi connectivity index (χ0v) is 8.52. The zero-order chi connectivity index (χ0) is 10.8. The molecule has 0 saturated heterocycles. The van der Waals surface area contributed by atoms with E-state index in [-0.39, 0.29) is 12.5 Å². The van der Waals surface area contributed by atoms with Crippen molar-refractivity contribution < 1.29 is 9.90 Å². The van der Waals surface area contributed by atoms with Crippen molar-refractivity contribution in [2.75, 3.05) is 0 Å². The van der Waals surface area contributed by atoms with Crippen LogP contribution in [0.1, 0.15) is 36.6 Å². The van der Waals surface area contributed by atoms with E-state index in [1.165, 1.54) is 0 Å². The number of hydrogen-bond donors (Lipinski definition) is 2. The molecule has 1 aromatic rings. The third kappa shape index (κ3) is 2.02. The first-order chi connectivity index (χ1) is 7.18. The van der Waals surface area contributed by atoms with Gasteiger partial charge in [-0.2, -0.15) is 5.10 Å². The molecule has 1 atom stereocenters. The van der Waals surface area contributed by atoms with Crippen LogP contribution in [0.3, 0.4) is 0 Å². The molecule has 0 radical (unpaired) electrons. The molecule has 5 nitrogen and oxygen atoms in total. The molecular formula is C10H15N3O2. The molecule has 82 valence electrons. The maximum absolute atomic E-state index is 10.5. The van der Waals surface area contributed by atoms with E-state index in [2.05, 4.69) is 5.10 Å². The standard InChI is InChI=1S/C10H15N3O2/c11-8-2-1-3-9-7(8)6-12-13(9)5-4-10(14)15/h6,8H,1-5,11H2,(H,14,15). The van der Waals surface area contributed by atoms with Crippen molar-refractivity contribution in [3.05, 3.63) is 17.5 Å². The van der Waals surface area contributed by atoms with Gasteiger partial charge in [-0.1, -0.05) is 0 Å². The number of aromatic nitrogens is 2. The van der Waals surface area contributed by atoms with Crippen LogP contribution in [0.25, 0.3) is 0 Å². The van der Waals surface area contributed by atoms with E-state index in [0.717, 1.165) is 30.5 Å². The Morgan fingerprint density at radius 2 is 2.53 bits per heavy atom. The van der Waals surface area contributed by atoms with Gasteiger partial charge in [-0.05, 0) is 19.3 Å². The predicted octanol–water partition coefficient (Wildman–Crippen LogP) is 0.694. The topological polar surface area (TPSA) is 81.1 Å². The summed E-state index contributed by atoms with van der Waals surface area (Å²) in [7, 11) is 0. The summed E-state index contributed by atoms with van der Waals surface area (Å²) in [5.74, 6) is -0.792. The second kappa shape index (κ2) is 4.02. The minimum absolute atomic E-state index is 0.0762. The van der Waals surface area contributed by atoms with E-state index in [1.54, 1.807) is 10.9 Å². The molecule has 0 bridgehead atoms. The first-order valence-electron chi connectivity index (χ1n) is 5.20. The molecule has 0 aromatic carbocycles. The summed E-state index contributed by atoms with van der Waals surface area (Å²) in [6.45, 7) is 0.442. The van der Waals surface area contributed by atoms with Crippen LogP contribution in [0.5, 0.6) is 0 Å². The van der Waals surface area contributed by atoms with E-state index in [4.69, 9.17) is 10.8 Å². The Morgan fingerprint density at radius 1 is 1.73 bits per heavy atom. The van der Waals surface area contributed by atoms with Crippen LogP contribution < -0.4 is 5.73 Å². The van der Waals surface area contributed by atoms with E-state index in [1.807, 2.05) is 0 Å². The summed E-state index contributed by atoms with van der Waals surface area (Å²) in [6.07, 6.45) is 4.91. The molecule has 1 unspecified atom stereocenters. The minimum atomic E-state index is -0.792. The molecule has 2 rings (SSSR count). The molecule has 0 fully saturated rings. The van der Waals surface area contributed by atoms with Crippen molar-refractivity contribution >= 4 is 5.97 Å². The van der Waals surface area contributed by atoms with Crippen LogP contribution in [0.2, 0.25) is 0 Å². The minimum Gasteiger partial charge on any atom is -0.481 e. The maximum atomic E-state index is 10.5. The van der Waals surface area contributed by atoms with Gasteiger partial charge in [0.1, 0.15) is 0 Å². The normalized spacial score (nSPS) is 19.9. The second-order valence-corrected chi connectivity index (χ2v) is 3.91. The van der Waals surface area contributed by atoms with E-state index in [0.29, 0.717) is 6.54 Å². The van der Waals surface area contributed by atoms with Crippen LogP contribution in [0.4, 0.5) is 0 Å². The largest absolute Gasteiger partial charge is 0.481 e. The Morgan fingerprint density at radius 3 is 3.27 bits per heavy atom. The molecule has 0 saturated carbocycles. The van der Waals surface area contributed by atoms with Crippen LogP contribution in [0, 0.1) is 0 Å². The van der Waals surface area contributed by atoms with E-state index in [9.17, 15) is 4.79 Å². The first kappa shape index (κ1) is 10.2. The fourth-order valence-electron chi connectivity index (χ4n) is 2.05. The first-order valence-corrected chi connectivity index (χ1v) is 5.20. The quantitative estimate of drug-likeness (QED) is 0.767. The summed E-state index contributed by atoms with van der Waals surface area (Å²) in [5, 5.41) is 12.8. The summed E-state index contributed by atoms with van der Waals surface area (Å²) in [4.78, 5) is 10.5. The molecule has 0 spiro atoms. The van der Waals surface area contributed by atoms with Crippen molar-refractivity contribution in [1.29, 1.82) is 0 Å². The smallest absolute Gasteiger partial charge is 0.305 e. The van der Waals surface area contributed by atoms with Gasteiger partial charge in [0.15, 0.2) is 0 Å². The lowest BCUT2D eigenvalue weighted by Crippen LogP contribution is -2.19. The molecule has 1 heterocycles. The Balaban J connectivity index is 2.16. The van der Waals surface area contributed by atoms with Gasteiger partial charge in [-0.25, -0.2) is 0 Å². The highest BCUT2D eigenvalue weighted by atomic mass is 16.4. The number of fused-ring (bicyclic) bond motifs is 1. The second-order valence-electron chi connectivity index (χ2n) is 3.91. The summed E-state index contributed by atoms with van der Waals surface area (Å²) < 4.78 is 1.78. The summed E-state index contributed by atoms with van der Waals surface area (Å²) >= 11 is 0. The number of aliphatic carboxylic acids is 1. The number of aryl methyl sites for hydroxylation is 1. The zero-order valence-electron chi connectivity index (χ0n) is 8.52. The molecule has 0 aliphatic heterocycles. The van der Waals surface area contributed by atoms with Crippen LogP contribution in [0.15, 0.2) is 6.20 Å². The molecule has 1 aliphatic carbocycles.